The van der Waals surface area contributed by atoms with Crippen LogP contribution >= 0.6 is 0 Å². The summed E-state index contributed by atoms with van der Waals surface area (Å²) in [5.74, 6) is 0.401. The van der Waals surface area contributed by atoms with Gasteiger partial charge in [-0.1, -0.05) is 66.9 Å². The maximum absolute atomic E-state index is 10.9. The molecule has 0 radical (unpaired) electrons. The van der Waals surface area contributed by atoms with Crippen LogP contribution in [0.3, 0.4) is 0 Å². The smallest absolute Gasteiger partial charge is 0.0653 e. The zero-order chi connectivity index (χ0) is 23.5. The fourth-order valence-electron chi connectivity index (χ4n) is 5.27. The lowest BCUT2D eigenvalue weighted by Gasteiger charge is -2.48. The Morgan fingerprint density at radius 2 is 1.19 bits per heavy atom. The van der Waals surface area contributed by atoms with Gasteiger partial charge >= 0.3 is 0 Å². The number of hydrogen-bond acceptors (Lipinski definition) is 1. The number of unbranched alkanes of at least 4 members (excludes halogenated alkanes) is 1. The number of hydrogen-bond donors (Lipinski definition) is 1. The van der Waals surface area contributed by atoms with Crippen LogP contribution in [-0.2, 0) is 0 Å². The van der Waals surface area contributed by atoms with E-state index in [0.717, 1.165) is 44.9 Å². The van der Waals surface area contributed by atoms with Gasteiger partial charge in [0.15, 0.2) is 0 Å². The van der Waals surface area contributed by atoms with Gasteiger partial charge in [0.05, 0.1) is 5.60 Å². The van der Waals surface area contributed by atoms with Crippen LogP contribution in [0.15, 0.2) is 46.6 Å². The van der Waals surface area contributed by atoms with Crippen molar-refractivity contribution in [2.24, 2.45) is 11.3 Å². The van der Waals surface area contributed by atoms with Crippen molar-refractivity contribution in [2.45, 2.75) is 132 Å². The molecule has 2 atom stereocenters. The standard InChI is InChI=1S/C30H52O/c1-24(2)14-11-17-26(4)19-12-18-25(3)15-9-10-16-27(5)20-21-28-29(6,7)22-13-23-30(28,8)31/h14-16,19,28,31H,9-13,17-18,20-23H2,1-8H3/b25-15+,26-19+,27-16+/t28-,30-/m0/s1. The normalized spacial score (nSPS) is 24.9. The van der Waals surface area contributed by atoms with Crippen molar-refractivity contribution in [1.82, 2.24) is 0 Å². The van der Waals surface area contributed by atoms with Crippen molar-refractivity contribution in [3.8, 4) is 0 Å². The molecule has 0 aromatic heterocycles. The van der Waals surface area contributed by atoms with Crippen molar-refractivity contribution in [3.05, 3.63) is 46.6 Å². The predicted octanol–water partition coefficient (Wildman–Crippen LogP) is 9.49. The van der Waals surface area contributed by atoms with E-state index in [4.69, 9.17) is 0 Å². The SMILES string of the molecule is CC(C)=CCC/C(C)=C/CC/C(C)=C/CC/C=C(\C)CC[C@H]1C(C)(C)CCC[C@]1(C)O. The van der Waals surface area contributed by atoms with Crippen LogP contribution in [0.2, 0.25) is 0 Å². The lowest BCUT2D eigenvalue weighted by Crippen LogP contribution is -2.46. The minimum atomic E-state index is -0.500. The van der Waals surface area contributed by atoms with Gasteiger partial charge in [0.2, 0.25) is 0 Å². The Morgan fingerprint density at radius 1 is 0.710 bits per heavy atom. The molecule has 0 aromatic carbocycles. The van der Waals surface area contributed by atoms with Gasteiger partial charge in [-0.3, -0.25) is 0 Å². The molecule has 1 N–H and O–H groups in total. The average Bonchev–Trinajstić information content (AvgIpc) is 2.63. The quantitative estimate of drug-likeness (QED) is 0.242. The highest BCUT2D eigenvalue weighted by Gasteiger charge is 2.44. The third-order valence-electron chi connectivity index (χ3n) is 7.30. The molecule has 31 heavy (non-hydrogen) atoms. The first-order valence-corrected chi connectivity index (χ1v) is 12.8. The molecular formula is C30H52O. The summed E-state index contributed by atoms with van der Waals surface area (Å²) in [4.78, 5) is 0. The maximum atomic E-state index is 10.9. The van der Waals surface area contributed by atoms with Gasteiger partial charge in [0, 0.05) is 0 Å². The molecule has 0 spiro atoms. The summed E-state index contributed by atoms with van der Waals surface area (Å²) in [6.07, 6.45) is 22.1. The first-order valence-electron chi connectivity index (χ1n) is 12.8. The molecule has 0 bridgehead atoms. The summed E-state index contributed by atoms with van der Waals surface area (Å²) in [6, 6.07) is 0. The second-order valence-electron chi connectivity index (χ2n) is 11.4. The number of allylic oxidation sites excluding steroid dienone is 8. The molecule has 0 aliphatic heterocycles. The van der Waals surface area contributed by atoms with E-state index in [2.05, 4.69) is 79.7 Å². The Kier molecular flexibility index (Phi) is 12.1. The molecule has 178 valence electrons. The Bertz CT molecular complexity index is 634. The van der Waals surface area contributed by atoms with Gasteiger partial charge in [0.1, 0.15) is 0 Å². The van der Waals surface area contributed by atoms with E-state index in [1.54, 1.807) is 0 Å². The van der Waals surface area contributed by atoms with Crippen molar-refractivity contribution < 1.29 is 5.11 Å². The summed E-state index contributed by atoms with van der Waals surface area (Å²) in [5, 5.41) is 10.9. The highest BCUT2D eigenvalue weighted by molar-refractivity contribution is 5.07. The van der Waals surface area contributed by atoms with Crippen LogP contribution in [0, 0.1) is 11.3 Å². The van der Waals surface area contributed by atoms with Gasteiger partial charge in [-0.2, -0.15) is 0 Å². The van der Waals surface area contributed by atoms with E-state index in [1.165, 1.54) is 48.0 Å². The molecule has 1 fully saturated rings. The fourth-order valence-corrected chi connectivity index (χ4v) is 5.27. The van der Waals surface area contributed by atoms with Crippen molar-refractivity contribution in [3.63, 3.8) is 0 Å². The summed E-state index contributed by atoms with van der Waals surface area (Å²) in [7, 11) is 0. The average molecular weight is 429 g/mol. The third-order valence-corrected chi connectivity index (χ3v) is 7.30. The number of aliphatic hydroxyl groups is 1. The molecule has 1 nitrogen and oxygen atoms in total. The highest BCUT2D eigenvalue weighted by atomic mass is 16.3. The molecule has 0 saturated heterocycles. The lowest BCUT2D eigenvalue weighted by atomic mass is 9.60. The second kappa shape index (κ2) is 13.5. The topological polar surface area (TPSA) is 20.2 Å². The summed E-state index contributed by atoms with van der Waals surface area (Å²) in [6.45, 7) is 17.9. The Balaban J connectivity index is 2.34. The fraction of sp³-hybridized carbons (Fsp3) is 0.733. The lowest BCUT2D eigenvalue weighted by molar-refractivity contribution is -0.0918. The summed E-state index contributed by atoms with van der Waals surface area (Å²) >= 11 is 0. The third kappa shape index (κ3) is 11.4. The summed E-state index contributed by atoms with van der Waals surface area (Å²) in [5.41, 5.74) is 5.68. The van der Waals surface area contributed by atoms with E-state index >= 15 is 0 Å². The molecule has 0 aromatic rings. The van der Waals surface area contributed by atoms with E-state index in [9.17, 15) is 5.11 Å². The Labute approximate surface area is 194 Å². The second-order valence-corrected chi connectivity index (χ2v) is 11.4. The van der Waals surface area contributed by atoms with Crippen LogP contribution in [0.25, 0.3) is 0 Å². The van der Waals surface area contributed by atoms with Gasteiger partial charge in [-0.05, 0) is 117 Å². The molecule has 1 aliphatic rings. The molecule has 1 heteroatoms. The van der Waals surface area contributed by atoms with E-state index in [0.29, 0.717) is 5.92 Å². The van der Waals surface area contributed by atoms with Crippen LogP contribution in [0.5, 0.6) is 0 Å². The van der Waals surface area contributed by atoms with Crippen LogP contribution in [0.1, 0.15) is 126 Å². The van der Waals surface area contributed by atoms with E-state index < -0.39 is 5.60 Å². The van der Waals surface area contributed by atoms with E-state index in [-0.39, 0.29) is 5.41 Å². The molecule has 1 rings (SSSR count). The maximum Gasteiger partial charge on any atom is 0.0653 e. The molecule has 0 unspecified atom stereocenters. The molecule has 1 aliphatic carbocycles. The molecular weight excluding hydrogens is 376 g/mol. The first-order chi connectivity index (χ1) is 14.4. The summed E-state index contributed by atoms with van der Waals surface area (Å²) < 4.78 is 0. The molecule has 0 heterocycles. The highest BCUT2D eigenvalue weighted by Crippen LogP contribution is 2.48. The van der Waals surface area contributed by atoms with Gasteiger partial charge in [-0.15, -0.1) is 0 Å². The van der Waals surface area contributed by atoms with Gasteiger partial charge in [-0.25, -0.2) is 0 Å². The zero-order valence-corrected chi connectivity index (χ0v) is 22.1. The van der Waals surface area contributed by atoms with Crippen molar-refractivity contribution in [1.29, 1.82) is 0 Å². The largest absolute Gasteiger partial charge is 0.390 e. The van der Waals surface area contributed by atoms with E-state index in [1.807, 2.05) is 0 Å². The minimum absolute atomic E-state index is 0.250. The zero-order valence-electron chi connectivity index (χ0n) is 22.1. The van der Waals surface area contributed by atoms with Crippen molar-refractivity contribution in [2.75, 3.05) is 0 Å². The number of rotatable bonds is 12. The van der Waals surface area contributed by atoms with Crippen molar-refractivity contribution >= 4 is 0 Å². The monoisotopic (exact) mass is 428 g/mol. The molecule has 0 amide bonds. The van der Waals surface area contributed by atoms with Crippen LogP contribution in [-0.4, -0.2) is 10.7 Å². The Morgan fingerprint density at radius 3 is 1.71 bits per heavy atom. The predicted molar refractivity (Wildman–Crippen MR) is 139 cm³/mol. The van der Waals surface area contributed by atoms with Gasteiger partial charge < -0.3 is 5.11 Å². The van der Waals surface area contributed by atoms with Crippen LogP contribution in [0.4, 0.5) is 0 Å². The van der Waals surface area contributed by atoms with Gasteiger partial charge in [0.25, 0.3) is 0 Å². The Hall–Kier alpha value is -1.08. The molecule has 1 saturated carbocycles. The minimum Gasteiger partial charge on any atom is -0.390 e. The van der Waals surface area contributed by atoms with Crippen LogP contribution < -0.4 is 0 Å². The first kappa shape index (κ1) is 28.0.